The normalized spacial score (nSPS) is 19.5. The van der Waals surface area contributed by atoms with Gasteiger partial charge in [0.05, 0.1) is 18.4 Å². The van der Waals surface area contributed by atoms with Crippen molar-refractivity contribution in [3.8, 4) is 5.75 Å². The summed E-state index contributed by atoms with van der Waals surface area (Å²) in [4.78, 5) is 39.2. The van der Waals surface area contributed by atoms with Gasteiger partial charge in [0.2, 0.25) is 5.91 Å². The van der Waals surface area contributed by atoms with Crippen LogP contribution in [-0.2, 0) is 21.3 Å². The van der Waals surface area contributed by atoms with Crippen LogP contribution >= 0.6 is 0 Å². The molecule has 2 atom stereocenters. The van der Waals surface area contributed by atoms with Crippen LogP contribution in [0.1, 0.15) is 30.5 Å². The molecule has 2 unspecified atom stereocenters. The van der Waals surface area contributed by atoms with E-state index in [1.54, 1.807) is 25.1 Å². The monoisotopic (exact) mass is 449 g/mol. The minimum absolute atomic E-state index is 0.461. The van der Waals surface area contributed by atoms with Crippen molar-refractivity contribution in [1.29, 1.82) is 0 Å². The van der Waals surface area contributed by atoms with Gasteiger partial charge in [0.15, 0.2) is 0 Å². The van der Waals surface area contributed by atoms with Gasteiger partial charge in [0.1, 0.15) is 17.3 Å². The third-order valence-corrected chi connectivity index (χ3v) is 5.45. The van der Waals surface area contributed by atoms with Crippen molar-refractivity contribution in [1.82, 2.24) is 10.2 Å². The molecule has 0 saturated carbocycles. The van der Waals surface area contributed by atoms with Gasteiger partial charge in [0.25, 0.3) is 5.91 Å². The maximum Gasteiger partial charge on any atom is 0.418 e. The highest BCUT2D eigenvalue weighted by Gasteiger charge is 2.52. The molecule has 32 heavy (non-hydrogen) atoms. The topological polar surface area (TPSA) is 87.7 Å². The molecular weight excluding hydrogens is 427 g/mol. The third-order valence-electron chi connectivity index (χ3n) is 5.45. The molecular formula is C22H22F3N3O4. The summed E-state index contributed by atoms with van der Waals surface area (Å²) in [6.07, 6.45) is -4.68. The molecule has 2 N–H and O–H groups in total. The van der Waals surface area contributed by atoms with Crippen molar-refractivity contribution in [2.24, 2.45) is 0 Å². The number of benzene rings is 2. The largest absolute Gasteiger partial charge is 0.496 e. The van der Waals surface area contributed by atoms with Gasteiger partial charge in [-0.3, -0.25) is 9.59 Å². The maximum atomic E-state index is 13.2. The highest BCUT2D eigenvalue weighted by molar-refractivity contribution is 6.11. The lowest BCUT2D eigenvalue weighted by molar-refractivity contribution is -0.138. The Kier molecular flexibility index (Phi) is 5.90. The Bertz CT molecular complexity index is 1090. The Morgan fingerprint density at radius 2 is 1.84 bits per heavy atom. The summed E-state index contributed by atoms with van der Waals surface area (Å²) in [5.41, 5.74) is -1.73. The van der Waals surface area contributed by atoms with Gasteiger partial charge in [-0.05, 0) is 56.2 Å². The van der Waals surface area contributed by atoms with E-state index in [0.717, 1.165) is 17.7 Å². The number of hydrogen-bond donors (Lipinski definition) is 2. The van der Waals surface area contributed by atoms with Gasteiger partial charge >= 0.3 is 12.2 Å². The summed E-state index contributed by atoms with van der Waals surface area (Å²) in [6.45, 7) is 4.55. The highest BCUT2D eigenvalue weighted by Crippen LogP contribution is 2.35. The first-order valence-corrected chi connectivity index (χ1v) is 9.68. The second kappa shape index (κ2) is 8.18. The number of imide groups is 1. The summed E-state index contributed by atoms with van der Waals surface area (Å²) in [5, 5.41) is 4.76. The Labute approximate surface area is 182 Å². The Morgan fingerprint density at radius 3 is 2.44 bits per heavy atom. The summed E-state index contributed by atoms with van der Waals surface area (Å²) in [5.74, 6) is -1.03. The first kappa shape index (κ1) is 23.1. The van der Waals surface area contributed by atoms with Crippen LogP contribution in [0.15, 0.2) is 42.5 Å². The molecule has 1 heterocycles. The zero-order chi connectivity index (χ0) is 23.8. The van der Waals surface area contributed by atoms with E-state index in [9.17, 15) is 27.6 Å². The average Bonchev–Trinajstić information content (AvgIpc) is 2.96. The molecule has 0 radical (unpaired) electrons. The molecule has 7 nitrogen and oxygen atoms in total. The lowest BCUT2D eigenvalue weighted by Crippen LogP contribution is -2.47. The molecule has 2 aromatic rings. The van der Waals surface area contributed by atoms with Crippen molar-refractivity contribution >= 4 is 23.5 Å². The quantitative estimate of drug-likeness (QED) is 0.680. The maximum absolute atomic E-state index is 13.2. The molecule has 170 valence electrons. The molecule has 1 fully saturated rings. The van der Waals surface area contributed by atoms with Crippen molar-refractivity contribution < 1.29 is 32.3 Å². The lowest BCUT2D eigenvalue weighted by Gasteiger charge is -2.25. The zero-order valence-corrected chi connectivity index (χ0v) is 17.8. The van der Waals surface area contributed by atoms with Crippen LogP contribution in [0, 0.1) is 6.92 Å². The number of carbonyl (C=O) groups is 3. The number of nitrogens with one attached hydrogen (secondary N) is 2. The molecule has 0 bridgehead atoms. The number of ether oxygens (including phenoxy) is 1. The van der Waals surface area contributed by atoms with Crippen LogP contribution in [0.4, 0.5) is 23.7 Å². The standard InChI is InChI=1S/C22H22F3N3O4/c1-12-11-14(9-10-17(12)32-4)21(3)19(30)28(20(31)27-21)13(2)18(29)26-16-8-6-5-7-15(16)22(23,24)25/h5-11,13H,1-4H3,(H,26,29)(H,27,31). The second-order valence-corrected chi connectivity index (χ2v) is 7.62. The molecule has 1 aliphatic rings. The lowest BCUT2D eigenvalue weighted by atomic mass is 9.90. The molecule has 2 aromatic carbocycles. The van der Waals surface area contributed by atoms with Crippen LogP contribution in [-0.4, -0.2) is 35.9 Å². The van der Waals surface area contributed by atoms with Crippen LogP contribution < -0.4 is 15.4 Å². The molecule has 10 heteroatoms. The average molecular weight is 449 g/mol. The van der Waals surface area contributed by atoms with E-state index in [1.807, 2.05) is 0 Å². The SMILES string of the molecule is COc1ccc(C2(C)NC(=O)N(C(C)C(=O)Nc3ccccc3C(F)(F)F)C2=O)cc1C. The predicted octanol–water partition coefficient (Wildman–Crippen LogP) is 3.82. The molecule has 4 amide bonds. The summed E-state index contributed by atoms with van der Waals surface area (Å²) in [6, 6.07) is 7.25. The predicted molar refractivity (Wildman–Crippen MR) is 110 cm³/mol. The number of alkyl halides is 3. The van der Waals surface area contributed by atoms with E-state index in [0.29, 0.717) is 16.2 Å². The van der Waals surface area contributed by atoms with Crippen LogP contribution in [0.3, 0.4) is 0 Å². The molecule has 0 aliphatic carbocycles. The number of para-hydroxylation sites is 1. The minimum Gasteiger partial charge on any atom is -0.496 e. The zero-order valence-electron chi connectivity index (χ0n) is 17.8. The number of aryl methyl sites for hydroxylation is 1. The number of methoxy groups -OCH3 is 1. The summed E-state index contributed by atoms with van der Waals surface area (Å²) in [7, 11) is 1.51. The number of carbonyl (C=O) groups excluding carboxylic acids is 3. The second-order valence-electron chi connectivity index (χ2n) is 7.62. The van der Waals surface area contributed by atoms with Crippen molar-refractivity contribution in [3.63, 3.8) is 0 Å². The number of rotatable bonds is 5. The molecule has 0 spiro atoms. The number of halogens is 3. The van der Waals surface area contributed by atoms with Crippen LogP contribution in [0.2, 0.25) is 0 Å². The fourth-order valence-electron chi connectivity index (χ4n) is 3.59. The van der Waals surface area contributed by atoms with E-state index >= 15 is 0 Å². The van der Waals surface area contributed by atoms with Crippen LogP contribution in [0.25, 0.3) is 0 Å². The van der Waals surface area contributed by atoms with E-state index in [2.05, 4.69) is 10.6 Å². The van der Waals surface area contributed by atoms with Gasteiger partial charge < -0.3 is 15.4 Å². The Balaban J connectivity index is 1.86. The molecule has 1 aliphatic heterocycles. The molecule has 3 rings (SSSR count). The van der Waals surface area contributed by atoms with Gasteiger partial charge in [-0.25, -0.2) is 9.69 Å². The molecule has 0 aromatic heterocycles. The van der Waals surface area contributed by atoms with E-state index < -0.39 is 46.9 Å². The van der Waals surface area contributed by atoms with Crippen molar-refractivity contribution in [2.45, 2.75) is 38.5 Å². The number of hydrogen-bond acceptors (Lipinski definition) is 4. The van der Waals surface area contributed by atoms with Crippen LogP contribution in [0.5, 0.6) is 5.75 Å². The van der Waals surface area contributed by atoms with E-state index in [1.165, 1.54) is 33.1 Å². The van der Waals surface area contributed by atoms with Gasteiger partial charge in [-0.2, -0.15) is 13.2 Å². The third kappa shape index (κ3) is 4.00. The number of urea groups is 1. The van der Waals surface area contributed by atoms with Gasteiger partial charge in [-0.15, -0.1) is 0 Å². The molecule has 1 saturated heterocycles. The smallest absolute Gasteiger partial charge is 0.418 e. The first-order chi connectivity index (χ1) is 14.9. The van der Waals surface area contributed by atoms with Gasteiger partial charge in [0, 0.05) is 0 Å². The number of nitrogens with zero attached hydrogens (tertiary/aromatic N) is 1. The van der Waals surface area contributed by atoms with Crippen molar-refractivity contribution in [3.05, 3.63) is 59.2 Å². The fourth-order valence-corrected chi connectivity index (χ4v) is 3.59. The van der Waals surface area contributed by atoms with E-state index in [4.69, 9.17) is 4.74 Å². The Morgan fingerprint density at radius 1 is 1.19 bits per heavy atom. The Hall–Kier alpha value is -3.56. The highest BCUT2D eigenvalue weighted by atomic mass is 19.4. The van der Waals surface area contributed by atoms with Gasteiger partial charge in [-0.1, -0.05) is 18.2 Å². The number of amides is 4. The fraction of sp³-hybridized carbons (Fsp3) is 0.318. The van der Waals surface area contributed by atoms with E-state index in [-0.39, 0.29) is 0 Å². The summed E-state index contributed by atoms with van der Waals surface area (Å²) >= 11 is 0. The first-order valence-electron chi connectivity index (χ1n) is 9.68. The number of anilines is 1. The minimum atomic E-state index is -4.68. The summed E-state index contributed by atoms with van der Waals surface area (Å²) < 4.78 is 44.8. The van der Waals surface area contributed by atoms with Crippen molar-refractivity contribution in [2.75, 3.05) is 12.4 Å².